The van der Waals surface area contributed by atoms with E-state index in [2.05, 4.69) is 33.9 Å². The molecule has 0 spiro atoms. The second kappa shape index (κ2) is 4.93. The van der Waals surface area contributed by atoms with Crippen molar-refractivity contribution in [2.24, 2.45) is 0 Å². The predicted octanol–water partition coefficient (Wildman–Crippen LogP) is 4.10. The molecule has 0 bridgehead atoms. The normalized spacial score (nSPS) is 14.5. The third-order valence-electron chi connectivity index (χ3n) is 3.36. The fraction of sp³-hybridized carbons (Fsp3) is 0.333. The Morgan fingerprint density at radius 2 is 2.00 bits per heavy atom. The summed E-state index contributed by atoms with van der Waals surface area (Å²) < 4.78 is 6.10. The Bertz CT molecular complexity index is 624. The lowest BCUT2D eigenvalue weighted by molar-refractivity contribution is 0.414. The van der Waals surface area contributed by atoms with Crippen molar-refractivity contribution in [2.75, 3.05) is 7.11 Å². The first-order valence-electron chi connectivity index (χ1n) is 6.37. The van der Waals surface area contributed by atoms with Crippen molar-refractivity contribution in [2.45, 2.75) is 25.7 Å². The highest BCUT2D eigenvalue weighted by Gasteiger charge is 2.27. The van der Waals surface area contributed by atoms with Gasteiger partial charge in [0.25, 0.3) is 0 Å². The summed E-state index contributed by atoms with van der Waals surface area (Å²) in [6.07, 6.45) is 2.41. The first-order chi connectivity index (χ1) is 9.17. The van der Waals surface area contributed by atoms with E-state index in [1.54, 1.807) is 7.11 Å². The summed E-state index contributed by atoms with van der Waals surface area (Å²) in [5.41, 5.74) is 3.27. The van der Waals surface area contributed by atoms with E-state index in [0.717, 1.165) is 33.0 Å². The van der Waals surface area contributed by atoms with Crippen molar-refractivity contribution < 1.29 is 4.74 Å². The molecule has 1 aromatic carbocycles. The molecule has 1 heterocycles. The van der Waals surface area contributed by atoms with Crippen molar-refractivity contribution in [1.29, 1.82) is 0 Å². The molecule has 4 heteroatoms. The van der Waals surface area contributed by atoms with Crippen LogP contribution in [-0.4, -0.2) is 17.1 Å². The molecule has 0 unspecified atom stereocenters. The molecule has 19 heavy (non-hydrogen) atoms. The molecule has 3 rings (SSSR count). The minimum atomic E-state index is 0.551. The number of halogens is 1. The number of nitrogens with zero attached hydrogens (tertiary/aromatic N) is 2. The van der Waals surface area contributed by atoms with Crippen LogP contribution in [0.25, 0.3) is 11.3 Å². The average Bonchev–Trinajstić information content (AvgIpc) is 3.22. The van der Waals surface area contributed by atoms with Gasteiger partial charge in [-0.2, -0.15) is 0 Å². The monoisotopic (exact) mass is 318 g/mol. The molecular weight excluding hydrogens is 304 g/mol. The first-order valence-corrected chi connectivity index (χ1v) is 7.16. The Balaban J connectivity index is 2.05. The van der Waals surface area contributed by atoms with E-state index in [0.29, 0.717) is 5.92 Å². The fourth-order valence-electron chi connectivity index (χ4n) is 2.15. The third-order valence-corrected chi connectivity index (χ3v) is 3.77. The van der Waals surface area contributed by atoms with E-state index in [4.69, 9.17) is 9.72 Å². The molecule has 1 fully saturated rings. The van der Waals surface area contributed by atoms with Crippen molar-refractivity contribution >= 4 is 15.9 Å². The molecule has 98 valence electrons. The molecule has 3 nitrogen and oxygen atoms in total. The Kier molecular flexibility index (Phi) is 3.27. The van der Waals surface area contributed by atoms with Crippen molar-refractivity contribution in [3.05, 3.63) is 40.3 Å². The lowest BCUT2D eigenvalue weighted by Crippen LogP contribution is -1.97. The van der Waals surface area contributed by atoms with Gasteiger partial charge < -0.3 is 4.74 Å². The zero-order valence-electron chi connectivity index (χ0n) is 11.0. The van der Waals surface area contributed by atoms with Gasteiger partial charge in [-0.1, -0.05) is 0 Å². The Hall–Kier alpha value is -1.42. The number of ether oxygens (including phenoxy) is 1. The van der Waals surface area contributed by atoms with Gasteiger partial charge >= 0.3 is 0 Å². The Morgan fingerprint density at radius 3 is 2.63 bits per heavy atom. The number of aryl methyl sites for hydroxylation is 1. The molecule has 1 aliphatic carbocycles. The molecule has 1 aromatic heterocycles. The highest BCUT2D eigenvalue weighted by molar-refractivity contribution is 9.10. The van der Waals surface area contributed by atoms with E-state index in [1.807, 2.05) is 18.2 Å². The quantitative estimate of drug-likeness (QED) is 0.799. The van der Waals surface area contributed by atoms with E-state index < -0.39 is 0 Å². The maximum atomic E-state index is 5.24. The highest BCUT2D eigenvalue weighted by atomic mass is 79.9. The lowest BCUT2D eigenvalue weighted by atomic mass is 10.1. The number of hydrogen-bond acceptors (Lipinski definition) is 3. The van der Waals surface area contributed by atoms with Crippen LogP contribution in [0.15, 0.2) is 28.9 Å². The minimum absolute atomic E-state index is 0.551. The molecule has 1 aliphatic rings. The molecule has 0 atom stereocenters. The van der Waals surface area contributed by atoms with Crippen LogP contribution in [-0.2, 0) is 0 Å². The number of aromatic nitrogens is 2. The van der Waals surface area contributed by atoms with Gasteiger partial charge in [0.1, 0.15) is 16.2 Å². The standard InChI is InChI=1S/C15H15BrN2O/c1-9-7-11(19-2)5-6-12(9)13-8-14(16)18-15(17-13)10-3-4-10/h5-8,10H,3-4H2,1-2H3. The number of rotatable bonds is 3. The van der Waals surface area contributed by atoms with E-state index in [-0.39, 0.29) is 0 Å². The van der Waals surface area contributed by atoms with Crippen LogP contribution in [0.4, 0.5) is 0 Å². The molecule has 1 saturated carbocycles. The zero-order valence-corrected chi connectivity index (χ0v) is 12.6. The van der Waals surface area contributed by atoms with Gasteiger partial charge in [-0.3, -0.25) is 0 Å². The fourth-order valence-corrected chi connectivity index (χ4v) is 2.55. The molecule has 0 aliphatic heterocycles. The summed E-state index contributed by atoms with van der Waals surface area (Å²) in [7, 11) is 1.68. The van der Waals surface area contributed by atoms with Gasteiger partial charge in [0.2, 0.25) is 0 Å². The molecule has 2 aromatic rings. The van der Waals surface area contributed by atoms with Gasteiger partial charge in [-0.15, -0.1) is 0 Å². The SMILES string of the molecule is COc1ccc(-c2cc(Br)nc(C3CC3)n2)c(C)c1. The highest BCUT2D eigenvalue weighted by Crippen LogP contribution is 2.39. The minimum Gasteiger partial charge on any atom is -0.497 e. The predicted molar refractivity (Wildman–Crippen MR) is 78.4 cm³/mol. The van der Waals surface area contributed by atoms with Crippen LogP contribution in [0.3, 0.4) is 0 Å². The van der Waals surface area contributed by atoms with Gasteiger partial charge in [0.05, 0.1) is 12.8 Å². The number of methoxy groups -OCH3 is 1. The van der Waals surface area contributed by atoms with Crippen LogP contribution in [0.2, 0.25) is 0 Å². The largest absolute Gasteiger partial charge is 0.497 e. The topological polar surface area (TPSA) is 35.0 Å². The molecule has 0 saturated heterocycles. The third kappa shape index (κ3) is 2.63. The maximum absolute atomic E-state index is 5.24. The lowest BCUT2D eigenvalue weighted by Gasteiger charge is -2.09. The summed E-state index contributed by atoms with van der Waals surface area (Å²) in [5.74, 6) is 2.38. The summed E-state index contributed by atoms with van der Waals surface area (Å²) in [4.78, 5) is 9.17. The van der Waals surface area contributed by atoms with Gasteiger partial charge in [-0.25, -0.2) is 9.97 Å². The van der Waals surface area contributed by atoms with Crippen LogP contribution < -0.4 is 4.74 Å². The van der Waals surface area contributed by atoms with Gasteiger partial charge in [0.15, 0.2) is 0 Å². The zero-order chi connectivity index (χ0) is 13.4. The Labute approximate surface area is 121 Å². The molecule has 0 radical (unpaired) electrons. The van der Waals surface area contributed by atoms with Crippen LogP contribution in [0.1, 0.15) is 30.1 Å². The van der Waals surface area contributed by atoms with Gasteiger partial charge in [-0.05, 0) is 65.5 Å². The van der Waals surface area contributed by atoms with Crippen molar-refractivity contribution in [3.8, 4) is 17.0 Å². The summed E-state index contributed by atoms with van der Waals surface area (Å²) in [5, 5.41) is 0. The van der Waals surface area contributed by atoms with Crippen LogP contribution in [0, 0.1) is 6.92 Å². The van der Waals surface area contributed by atoms with E-state index in [1.165, 1.54) is 12.8 Å². The van der Waals surface area contributed by atoms with Crippen LogP contribution in [0.5, 0.6) is 5.75 Å². The summed E-state index contributed by atoms with van der Waals surface area (Å²) in [6.45, 7) is 2.07. The Morgan fingerprint density at radius 1 is 1.21 bits per heavy atom. The van der Waals surface area contributed by atoms with Crippen molar-refractivity contribution in [3.63, 3.8) is 0 Å². The second-order valence-electron chi connectivity index (χ2n) is 4.89. The molecular formula is C15H15BrN2O. The smallest absolute Gasteiger partial charge is 0.133 e. The first kappa shape index (κ1) is 12.6. The average molecular weight is 319 g/mol. The van der Waals surface area contributed by atoms with E-state index >= 15 is 0 Å². The number of hydrogen-bond donors (Lipinski definition) is 0. The van der Waals surface area contributed by atoms with Crippen LogP contribution >= 0.6 is 15.9 Å². The summed E-state index contributed by atoms with van der Waals surface area (Å²) in [6, 6.07) is 8.03. The maximum Gasteiger partial charge on any atom is 0.133 e. The molecule has 0 N–H and O–H groups in total. The number of benzene rings is 1. The van der Waals surface area contributed by atoms with E-state index in [9.17, 15) is 0 Å². The molecule has 0 amide bonds. The van der Waals surface area contributed by atoms with Gasteiger partial charge in [0, 0.05) is 11.5 Å². The van der Waals surface area contributed by atoms with Crippen molar-refractivity contribution in [1.82, 2.24) is 9.97 Å². The second-order valence-corrected chi connectivity index (χ2v) is 5.70. The summed E-state index contributed by atoms with van der Waals surface area (Å²) >= 11 is 3.48.